The summed E-state index contributed by atoms with van der Waals surface area (Å²) in [6.07, 6.45) is 9.05. The van der Waals surface area contributed by atoms with Crippen LogP contribution in [0.3, 0.4) is 0 Å². The summed E-state index contributed by atoms with van der Waals surface area (Å²) < 4.78 is 27.6. The van der Waals surface area contributed by atoms with Gasteiger partial charge in [0.25, 0.3) is 0 Å². The maximum Gasteiger partial charge on any atom is 0.127 e. The number of rotatable bonds is 18. The van der Waals surface area contributed by atoms with Crippen molar-refractivity contribution in [1.82, 2.24) is 0 Å². The molecule has 0 aliphatic heterocycles. The van der Waals surface area contributed by atoms with Gasteiger partial charge < -0.3 is 23.7 Å². The highest BCUT2D eigenvalue weighted by Gasteiger charge is 2.01. The number of hydrogen-bond acceptors (Lipinski definition) is 5. The highest BCUT2D eigenvalue weighted by atomic mass is 16.5. The van der Waals surface area contributed by atoms with Crippen molar-refractivity contribution in [2.24, 2.45) is 0 Å². The fourth-order valence-electron chi connectivity index (χ4n) is 3.13. The minimum Gasteiger partial charge on any atom is -0.494 e. The molecule has 2 aromatic carbocycles. The molecular formula is C26H38O5. The largest absolute Gasteiger partial charge is 0.494 e. The number of benzene rings is 2. The van der Waals surface area contributed by atoms with Crippen LogP contribution in [0.4, 0.5) is 0 Å². The lowest BCUT2D eigenvalue weighted by atomic mass is 10.2. The minimum absolute atomic E-state index is 0.738. The Bertz CT molecular complexity index is 610. The topological polar surface area (TPSA) is 46.2 Å². The van der Waals surface area contributed by atoms with Crippen LogP contribution in [0.2, 0.25) is 0 Å². The summed E-state index contributed by atoms with van der Waals surface area (Å²) in [5, 5.41) is 0. The molecule has 0 N–H and O–H groups in total. The fourth-order valence-corrected chi connectivity index (χ4v) is 3.13. The first kappa shape index (κ1) is 25.0. The summed E-state index contributed by atoms with van der Waals surface area (Å²) in [5.41, 5.74) is 0. The van der Waals surface area contributed by atoms with Gasteiger partial charge in [-0.1, -0.05) is 12.8 Å². The lowest BCUT2D eigenvalue weighted by Gasteiger charge is -2.10. The highest BCUT2D eigenvalue weighted by molar-refractivity contribution is 5.37. The standard InChI is InChI=1S/C26H38O5/c1-27-19-7-3-5-9-21-29-23-11-15-25(16-12-23)31-26-17-13-24(14-18-26)30-22-10-6-4-8-20-28-2/h11-18H,3-10,19-22H2,1-2H3. The van der Waals surface area contributed by atoms with Gasteiger partial charge in [0.2, 0.25) is 0 Å². The van der Waals surface area contributed by atoms with Crippen LogP contribution in [0, 0.1) is 0 Å². The van der Waals surface area contributed by atoms with E-state index in [1.807, 2.05) is 48.5 Å². The normalized spacial score (nSPS) is 10.8. The van der Waals surface area contributed by atoms with E-state index in [-0.39, 0.29) is 0 Å². The zero-order valence-electron chi connectivity index (χ0n) is 19.1. The lowest BCUT2D eigenvalue weighted by Crippen LogP contribution is -1.98. The van der Waals surface area contributed by atoms with Crippen LogP contribution in [0.15, 0.2) is 48.5 Å². The van der Waals surface area contributed by atoms with Crippen molar-refractivity contribution in [2.45, 2.75) is 51.4 Å². The second kappa shape index (κ2) is 16.5. The third-order valence-corrected chi connectivity index (χ3v) is 4.91. The zero-order valence-corrected chi connectivity index (χ0v) is 19.1. The third-order valence-electron chi connectivity index (χ3n) is 4.91. The van der Waals surface area contributed by atoms with E-state index >= 15 is 0 Å². The van der Waals surface area contributed by atoms with Gasteiger partial charge in [-0.2, -0.15) is 0 Å². The van der Waals surface area contributed by atoms with Crippen molar-refractivity contribution in [3.05, 3.63) is 48.5 Å². The molecule has 0 saturated carbocycles. The van der Waals surface area contributed by atoms with Gasteiger partial charge in [-0.05, 0) is 87.1 Å². The molecule has 0 atom stereocenters. The molecule has 0 radical (unpaired) electrons. The van der Waals surface area contributed by atoms with Crippen LogP contribution in [0.1, 0.15) is 51.4 Å². The maximum absolute atomic E-state index is 5.91. The summed E-state index contributed by atoms with van der Waals surface area (Å²) in [5.74, 6) is 3.32. The first-order valence-corrected chi connectivity index (χ1v) is 11.4. The first-order valence-electron chi connectivity index (χ1n) is 11.4. The molecule has 0 bridgehead atoms. The molecule has 5 heteroatoms. The van der Waals surface area contributed by atoms with E-state index in [0.29, 0.717) is 0 Å². The van der Waals surface area contributed by atoms with Gasteiger partial charge in [0, 0.05) is 27.4 Å². The Hall–Kier alpha value is -2.24. The molecule has 0 spiro atoms. The quantitative estimate of drug-likeness (QED) is 0.248. The van der Waals surface area contributed by atoms with Gasteiger partial charge in [-0.3, -0.25) is 0 Å². The molecular weight excluding hydrogens is 392 g/mol. The van der Waals surface area contributed by atoms with Gasteiger partial charge >= 0.3 is 0 Å². The summed E-state index contributed by atoms with van der Waals surface area (Å²) in [6.45, 7) is 3.16. The second-order valence-electron chi connectivity index (χ2n) is 7.56. The van der Waals surface area contributed by atoms with Crippen molar-refractivity contribution in [3.63, 3.8) is 0 Å². The predicted molar refractivity (Wildman–Crippen MR) is 125 cm³/mol. The first-order chi connectivity index (χ1) is 15.3. The van der Waals surface area contributed by atoms with Crippen LogP contribution in [-0.4, -0.2) is 40.6 Å². The molecule has 0 unspecified atom stereocenters. The Morgan fingerprint density at radius 2 is 0.742 bits per heavy atom. The molecule has 31 heavy (non-hydrogen) atoms. The molecule has 0 fully saturated rings. The monoisotopic (exact) mass is 430 g/mol. The highest BCUT2D eigenvalue weighted by Crippen LogP contribution is 2.26. The van der Waals surface area contributed by atoms with E-state index in [0.717, 1.165) is 75.1 Å². The van der Waals surface area contributed by atoms with Crippen molar-refractivity contribution >= 4 is 0 Å². The smallest absolute Gasteiger partial charge is 0.127 e. The summed E-state index contributed by atoms with van der Waals surface area (Å²) >= 11 is 0. The predicted octanol–water partition coefficient (Wildman–Crippen LogP) is 6.65. The molecule has 0 aliphatic rings. The Balaban J connectivity index is 1.61. The van der Waals surface area contributed by atoms with E-state index in [4.69, 9.17) is 23.7 Å². The molecule has 0 amide bonds. The molecule has 0 heterocycles. The van der Waals surface area contributed by atoms with E-state index < -0.39 is 0 Å². The van der Waals surface area contributed by atoms with Gasteiger partial charge in [-0.15, -0.1) is 0 Å². The second-order valence-corrected chi connectivity index (χ2v) is 7.56. The van der Waals surface area contributed by atoms with Crippen molar-refractivity contribution in [1.29, 1.82) is 0 Å². The molecule has 0 aromatic heterocycles. The van der Waals surface area contributed by atoms with Gasteiger partial charge in [0.1, 0.15) is 23.0 Å². The Labute approximate surface area is 187 Å². The molecule has 0 aliphatic carbocycles. The SMILES string of the molecule is COCCCCCCOc1ccc(Oc2ccc(OCCCCCCOC)cc2)cc1. The Kier molecular flexibility index (Phi) is 13.3. The number of unbranched alkanes of at least 4 members (excludes halogenated alkanes) is 6. The minimum atomic E-state index is 0.738. The average molecular weight is 431 g/mol. The van der Waals surface area contributed by atoms with E-state index in [1.54, 1.807) is 14.2 Å². The van der Waals surface area contributed by atoms with E-state index in [9.17, 15) is 0 Å². The van der Waals surface area contributed by atoms with Gasteiger partial charge in [0.05, 0.1) is 13.2 Å². The maximum atomic E-state index is 5.91. The fraction of sp³-hybridized carbons (Fsp3) is 0.538. The van der Waals surface area contributed by atoms with Gasteiger partial charge in [0.15, 0.2) is 0 Å². The summed E-state index contributed by atoms with van der Waals surface area (Å²) in [6, 6.07) is 15.5. The van der Waals surface area contributed by atoms with E-state index in [1.165, 1.54) is 25.7 Å². The zero-order chi connectivity index (χ0) is 22.0. The van der Waals surface area contributed by atoms with E-state index in [2.05, 4.69) is 0 Å². The van der Waals surface area contributed by atoms with Crippen molar-refractivity contribution < 1.29 is 23.7 Å². The molecule has 5 nitrogen and oxygen atoms in total. The third kappa shape index (κ3) is 11.7. The summed E-state index contributed by atoms with van der Waals surface area (Å²) in [4.78, 5) is 0. The lowest BCUT2D eigenvalue weighted by molar-refractivity contribution is 0.191. The molecule has 2 rings (SSSR count). The average Bonchev–Trinajstić information content (AvgIpc) is 2.80. The van der Waals surface area contributed by atoms with Crippen LogP contribution >= 0.6 is 0 Å². The number of hydrogen-bond donors (Lipinski definition) is 0. The van der Waals surface area contributed by atoms with Crippen LogP contribution in [0.25, 0.3) is 0 Å². The number of ether oxygens (including phenoxy) is 5. The molecule has 2 aromatic rings. The Morgan fingerprint density at radius 1 is 0.419 bits per heavy atom. The van der Waals surface area contributed by atoms with Crippen molar-refractivity contribution in [2.75, 3.05) is 40.6 Å². The van der Waals surface area contributed by atoms with Gasteiger partial charge in [-0.25, -0.2) is 0 Å². The van der Waals surface area contributed by atoms with Crippen molar-refractivity contribution in [3.8, 4) is 23.0 Å². The van der Waals surface area contributed by atoms with Crippen LogP contribution in [0.5, 0.6) is 23.0 Å². The van der Waals surface area contributed by atoms with Crippen LogP contribution < -0.4 is 14.2 Å². The number of methoxy groups -OCH3 is 2. The Morgan fingerprint density at radius 3 is 1.10 bits per heavy atom. The summed E-state index contributed by atoms with van der Waals surface area (Å²) in [7, 11) is 3.49. The molecule has 0 saturated heterocycles. The molecule has 172 valence electrons. The van der Waals surface area contributed by atoms with Crippen LogP contribution in [-0.2, 0) is 9.47 Å².